The molecule has 0 spiro atoms. The number of sulfonamides is 1. The lowest BCUT2D eigenvalue weighted by molar-refractivity contribution is -0.137. The molecule has 0 saturated carbocycles. The molecule has 1 amide bonds. The molecule has 42 heavy (non-hydrogen) atoms. The maximum Gasteiger partial charge on any atom is 0.416 e. The number of carbonyl (C=O) groups excluding carboxylic acids is 1. The van der Waals surface area contributed by atoms with Crippen LogP contribution >= 0.6 is 0 Å². The molecular weight excluding hydrogens is 565 g/mol. The maximum atomic E-state index is 13.7. The smallest absolute Gasteiger partial charge is 0.349 e. The van der Waals surface area contributed by atoms with Gasteiger partial charge >= 0.3 is 6.18 Å². The predicted octanol–water partition coefficient (Wildman–Crippen LogP) is 5.72. The molecular formula is C31H37F3N4O3S. The largest absolute Gasteiger partial charge is 0.416 e. The lowest BCUT2D eigenvalue weighted by atomic mass is 9.86. The third-order valence-electron chi connectivity index (χ3n) is 8.39. The third kappa shape index (κ3) is 6.43. The molecule has 7 nitrogen and oxygen atoms in total. The molecule has 0 saturated heterocycles. The van der Waals surface area contributed by atoms with Gasteiger partial charge in [0.2, 0.25) is 15.9 Å². The number of rotatable bonds is 9. The minimum atomic E-state index is -4.68. The van der Waals surface area contributed by atoms with Crippen molar-refractivity contribution in [2.75, 3.05) is 6.54 Å². The number of nitrogens with one attached hydrogen (secondary N) is 2. The van der Waals surface area contributed by atoms with Crippen LogP contribution in [0.25, 0.3) is 0 Å². The number of hydrogen-bond donors (Lipinski definition) is 2. The molecule has 0 radical (unpaired) electrons. The van der Waals surface area contributed by atoms with Gasteiger partial charge in [0.25, 0.3) is 0 Å². The van der Waals surface area contributed by atoms with E-state index in [9.17, 15) is 26.4 Å². The van der Waals surface area contributed by atoms with Crippen LogP contribution in [0.1, 0.15) is 79.6 Å². The number of aromatic nitrogens is 1. The second kappa shape index (κ2) is 12.2. The lowest BCUT2D eigenvalue weighted by Crippen LogP contribution is -2.44. The van der Waals surface area contributed by atoms with Gasteiger partial charge in [0.05, 0.1) is 22.5 Å². The van der Waals surface area contributed by atoms with Gasteiger partial charge in [-0.2, -0.15) is 17.5 Å². The predicted molar refractivity (Wildman–Crippen MR) is 154 cm³/mol. The summed E-state index contributed by atoms with van der Waals surface area (Å²) < 4.78 is 70.6. The Balaban J connectivity index is 1.35. The quantitative estimate of drug-likeness (QED) is 0.328. The Bertz CT molecular complexity index is 1540. The number of halogens is 3. The molecule has 2 aromatic carbocycles. The number of amides is 1. The molecule has 0 bridgehead atoms. The van der Waals surface area contributed by atoms with Gasteiger partial charge in [-0.15, -0.1) is 0 Å². The second-order valence-electron chi connectivity index (χ2n) is 11.2. The molecule has 2 N–H and O–H groups in total. The molecule has 3 aromatic rings. The first-order valence-corrected chi connectivity index (χ1v) is 15.9. The number of carbonyl (C=O) groups is 1. The van der Waals surface area contributed by atoms with Gasteiger partial charge in [-0.1, -0.05) is 31.2 Å². The fourth-order valence-electron chi connectivity index (χ4n) is 5.90. The molecule has 1 aliphatic heterocycles. The van der Waals surface area contributed by atoms with Gasteiger partial charge in [-0.3, -0.25) is 4.79 Å². The maximum absolute atomic E-state index is 13.7. The van der Waals surface area contributed by atoms with Crippen LogP contribution in [0.2, 0.25) is 0 Å². The van der Waals surface area contributed by atoms with Crippen LogP contribution in [0.4, 0.5) is 13.2 Å². The van der Waals surface area contributed by atoms with Crippen LogP contribution in [-0.2, 0) is 40.5 Å². The standard InChI is InChI=1S/C31H37F3N4O3S/c1-3-21(2)35-20-22-12-13-26-23(17-22)7-4-10-27(26)36-30(39)19-29-28-11-6-14-37(28)15-16-38(29)42(40,41)25-9-5-8-24(18-25)31(32,33)34/h5-6,8-9,11-14,17-18,21,27,29,35H,3-4,7,10,15-16,19-20H2,1-2H3,(H,36,39). The summed E-state index contributed by atoms with van der Waals surface area (Å²) in [7, 11) is -4.33. The zero-order valence-corrected chi connectivity index (χ0v) is 24.6. The topological polar surface area (TPSA) is 83.4 Å². The fraction of sp³-hybridized carbons (Fsp3) is 0.452. The highest BCUT2D eigenvalue weighted by atomic mass is 32.2. The molecule has 3 unspecified atom stereocenters. The molecule has 1 aliphatic carbocycles. The van der Waals surface area contributed by atoms with Crippen LogP contribution in [-0.4, -0.2) is 35.8 Å². The van der Waals surface area contributed by atoms with Gasteiger partial charge in [0, 0.05) is 44.0 Å². The minimum Gasteiger partial charge on any atom is -0.349 e. The Kier molecular flexibility index (Phi) is 8.82. The van der Waals surface area contributed by atoms with Crippen LogP contribution in [0.5, 0.6) is 0 Å². The summed E-state index contributed by atoms with van der Waals surface area (Å²) in [5.74, 6) is -0.306. The van der Waals surface area contributed by atoms with Gasteiger partial charge in [0.15, 0.2) is 0 Å². The minimum absolute atomic E-state index is 0.0396. The molecule has 11 heteroatoms. The number of benzene rings is 2. The van der Waals surface area contributed by atoms with Gasteiger partial charge in [-0.05, 0) is 79.6 Å². The Morgan fingerprint density at radius 1 is 1.10 bits per heavy atom. The first-order valence-electron chi connectivity index (χ1n) is 14.5. The monoisotopic (exact) mass is 602 g/mol. The van der Waals surface area contributed by atoms with Crippen molar-refractivity contribution in [3.8, 4) is 0 Å². The Labute approximate surface area is 245 Å². The highest BCUT2D eigenvalue weighted by Gasteiger charge is 2.39. The van der Waals surface area contributed by atoms with E-state index in [1.54, 1.807) is 12.1 Å². The van der Waals surface area contributed by atoms with Crippen molar-refractivity contribution in [1.82, 2.24) is 19.5 Å². The van der Waals surface area contributed by atoms with Crippen molar-refractivity contribution < 1.29 is 26.4 Å². The number of hydrogen-bond acceptors (Lipinski definition) is 4. The first kappa shape index (κ1) is 30.3. The van der Waals surface area contributed by atoms with E-state index in [1.165, 1.54) is 21.5 Å². The lowest BCUT2D eigenvalue weighted by Gasteiger charge is -2.36. The Morgan fingerprint density at radius 2 is 1.90 bits per heavy atom. The second-order valence-corrected chi connectivity index (χ2v) is 13.1. The molecule has 5 rings (SSSR count). The van der Waals surface area contributed by atoms with Crippen molar-refractivity contribution in [2.45, 2.75) is 88.2 Å². The Morgan fingerprint density at radius 3 is 2.67 bits per heavy atom. The SMILES string of the molecule is CCC(C)NCc1ccc2c(c1)CCCC2NC(=O)CC1c2cccn2CCN1S(=O)(=O)c1cccc(C(F)(F)F)c1. The number of alkyl halides is 3. The van der Waals surface area contributed by atoms with Crippen LogP contribution in [0.3, 0.4) is 0 Å². The summed E-state index contributed by atoms with van der Waals surface area (Å²) in [5.41, 5.74) is 3.07. The number of fused-ring (bicyclic) bond motifs is 2. The van der Waals surface area contributed by atoms with Gasteiger partial charge in [0.1, 0.15) is 0 Å². The van der Waals surface area contributed by atoms with Crippen molar-refractivity contribution >= 4 is 15.9 Å². The highest BCUT2D eigenvalue weighted by Crippen LogP contribution is 2.37. The zero-order valence-electron chi connectivity index (χ0n) is 23.8. The summed E-state index contributed by atoms with van der Waals surface area (Å²) in [4.78, 5) is 13.1. The zero-order chi connectivity index (χ0) is 30.1. The fourth-order valence-corrected chi connectivity index (χ4v) is 7.54. The number of nitrogens with zero attached hydrogens (tertiary/aromatic N) is 2. The van der Waals surface area contributed by atoms with E-state index in [1.807, 2.05) is 10.8 Å². The van der Waals surface area contributed by atoms with Crippen molar-refractivity contribution in [3.63, 3.8) is 0 Å². The summed E-state index contributed by atoms with van der Waals surface area (Å²) in [6, 6.07) is 13.0. The Hall–Kier alpha value is -3.15. The average molecular weight is 603 g/mol. The summed E-state index contributed by atoms with van der Waals surface area (Å²) in [6.45, 7) is 5.44. The van der Waals surface area contributed by atoms with Gasteiger partial charge < -0.3 is 15.2 Å². The average Bonchev–Trinajstić information content (AvgIpc) is 3.45. The molecule has 3 atom stereocenters. The van der Waals surface area contributed by atoms with Crippen LogP contribution in [0.15, 0.2) is 65.7 Å². The van der Waals surface area contributed by atoms with Crippen molar-refractivity contribution in [2.24, 2.45) is 0 Å². The first-order chi connectivity index (χ1) is 20.0. The molecule has 226 valence electrons. The van der Waals surface area contributed by atoms with Crippen LogP contribution in [0, 0.1) is 0 Å². The molecule has 0 fully saturated rings. The van der Waals surface area contributed by atoms with Crippen LogP contribution < -0.4 is 10.6 Å². The molecule has 1 aromatic heterocycles. The summed E-state index contributed by atoms with van der Waals surface area (Å²) in [5, 5.41) is 6.64. The summed E-state index contributed by atoms with van der Waals surface area (Å²) >= 11 is 0. The van der Waals surface area contributed by atoms with E-state index < -0.39 is 32.7 Å². The van der Waals surface area contributed by atoms with E-state index >= 15 is 0 Å². The summed E-state index contributed by atoms with van der Waals surface area (Å²) in [6.07, 6.45) is 0.661. The highest BCUT2D eigenvalue weighted by molar-refractivity contribution is 7.89. The van der Waals surface area contributed by atoms with Crippen molar-refractivity contribution in [3.05, 3.63) is 88.7 Å². The van der Waals surface area contributed by atoms with E-state index in [4.69, 9.17) is 0 Å². The molecule has 2 aliphatic rings. The van der Waals surface area contributed by atoms with E-state index in [0.29, 0.717) is 24.3 Å². The van der Waals surface area contributed by atoms with Gasteiger partial charge in [-0.25, -0.2) is 8.42 Å². The third-order valence-corrected chi connectivity index (χ3v) is 10.3. The number of aryl methyl sites for hydroxylation is 1. The van der Waals surface area contributed by atoms with Crippen molar-refractivity contribution in [1.29, 1.82) is 0 Å². The van der Waals surface area contributed by atoms with E-state index in [-0.39, 0.29) is 24.9 Å². The van der Waals surface area contributed by atoms with E-state index in [2.05, 4.69) is 42.7 Å². The normalized spacial score (nSPS) is 20.0. The van der Waals surface area contributed by atoms with E-state index in [0.717, 1.165) is 49.9 Å². The molecule has 2 heterocycles.